The minimum absolute atomic E-state index is 0.260. The topological polar surface area (TPSA) is 42.2 Å². The summed E-state index contributed by atoms with van der Waals surface area (Å²) in [4.78, 5) is 12.0. The van der Waals surface area contributed by atoms with Gasteiger partial charge in [-0.2, -0.15) is 0 Å². The normalized spacial score (nSPS) is 11.0. The Hall–Kier alpha value is -2.49. The van der Waals surface area contributed by atoms with Crippen LogP contribution in [0.2, 0.25) is 10.0 Å². The summed E-state index contributed by atoms with van der Waals surface area (Å²) in [5.41, 5.74) is 2.52. The number of anilines is 1. The fraction of sp³-hybridized carbons (Fsp3) is 0.0500. The van der Waals surface area contributed by atoms with E-state index in [4.69, 9.17) is 27.6 Å². The number of hydrogen-bond acceptors (Lipinski definition) is 2. The van der Waals surface area contributed by atoms with Gasteiger partial charge < -0.3 is 9.73 Å². The summed E-state index contributed by atoms with van der Waals surface area (Å²) < 4.78 is 5.71. The molecular formula is C20H15Cl2NO2. The van der Waals surface area contributed by atoms with Crippen LogP contribution in [0.4, 0.5) is 5.69 Å². The van der Waals surface area contributed by atoms with Gasteiger partial charge in [0.25, 0.3) is 0 Å². The van der Waals surface area contributed by atoms with E-state index in [0.29, 0.717) is 27.3 Å². The SMILES string of the molecule is Cc1ccc(NC(=O)C=Cc2ccc(-c3ccc(Cl)cc3)o2)cc1Cl. The quantitative estimate of drug-likeness (QED) is 0.553. The van der Waals surface area contributed by atoms with Crippen LogP contribution in [-0.4, -0.2) is 5.91 Å². The van der Waals surface area contributed by atoms with Crippen molar-refractivity contribution in [2.24, 2.45) is 0 Å². The number of benzene rings is 2. The lowest BCUT2D eigenvalue weighted by atomic mass is 10.2. The molecule has 0 saturated heterocycles. The van der Waals surface area contributed by atoms with E-state index in [9.17, 15) is 4.79 Å². The molecule has 25 heavy (non-hydrogen) atoms. The van der Waals surface area contributed by atoms with Crippen LogP contribution in [0, 0.1) is 6.92 Å². The second kappa shape index (κ2) is 7.60. The van der Waals surface area contributed by atoms with Gasteiger partial charge in [-0.15, -0.1) is 0 Å². The number of aryl methyl sites for hydroxylation is 1. The minimum atomic E-state index is -0.260. The van der Waals surface area contributed by atoms with E-state index in [2.05, 4.69) is 5.32 Å². The summed E-state index contributed by atoms with van der Waals surface area (Å²) in [5.74, 6) is 1.04. The summed E-state index contributed by atoms with van der Waals surface area (Å²) in [6.45, 7) is 1.91. The van der Waals surface area contributed by atoms with Crippen LogP contribution in [0.1, 0.15) is 11.3 Å². The van der Waals surface area contributed by atoms with Crippen LogP contribution < -0.4 is 5.32 Å². The van der Waals surface area contributed by atoms with Crippen molar-refractivity contribution in [2.45, 2.75) is 6.92 Å². The van der Waals surface area contributed by atoms with Gasteiger partial charge >= 0.3 is 0 Å². The highest BCUT2D eigenvalue weighted by molar-refractivity contribution is 6.31. The van der Waals surface area contributed by atoms with E-state index in [1.807, 2.05) is 31.2 Å². The Balaban J connectivity index is 1.66. The smallest absolute Gasteiger partial charge is 0.248 e. The Labute approximate surface area is 155 Å². The number of rotatable bonds is 4. The first kappa shape index (κ1) is 17.3. The van der Waals surface area contributed by atoms with Crippen molar-refractivity contribution in [3.8, 4) is 11.3 Å². The first-order valence-electron chi connectivity index (χ1n) is 7.62. The van der Waals surface area contributed by atoms with Crippen molar-refractivity contribution >= 4 is 40.9 Å². The van der Waals surface area contributed by atoms with Crippen molar-refractivity contribution in [1.29, 1.82) is 0 Å². The molecule has 1 amide bonds. The third kappa shape index (κ3) is 4.53. The van der Waals surface area contributed by atoms with Crippen molar-refractivity contribution in [1.82, 2.24) is 0 Å². The van der Waals surface area contributed by atoms with Gasteiger partial charge in [-0.3, -0.25) is 4.79 Å². The second-order valence-corrected chi connectivity index (χ2v) is 6.34. The molecule has 0 aliphatic heterocycles. The lowest BCUT2D eigenvalue weighted by Crippen LogP contribution is -2.07. The zero-order valence-electron chi connectivity index (χ0n) is 13.4. The number of carbonyl (C=O) groups is 1. The standard InChI is InChI=1S/C20H15Cl2NO2/c1-13-2-7-16(12-18(13)22)23-20(24)11-9-17-8-10-19(25-17)14-3-5-15(21)6-4-14/h2-12H,1H3,(H,23,24). The molecule has 0 radical (unpaired) electrons. The van der Waals surface area contributed by atoms with Crippen molar-refractivity contribution in [3.05, 3.63) is 82.0 Å². The van der Waals surface area contributed by atoms with Gasteiger partial charge in [0.15, 0.2) is 0 Å². The molecule has 1 N–H and O–H groups in total. The summed E-state index contributed by atoms with van der Waals surface area (Å²) in [6, 6.07) is 16.4. The Morgan fingerprint density at radius 2 is 1.80 bits per heavy atom. The molecule has 1 aromatic heterocycles. The first-order chi connectivity index (χ1) is 12.0. The maximum absolute atomic E-state index is 12.0. The third-order valence-corrected chi connectivity index (χ3v) is 4.25. The summed E-state index contributed by atoms with van der Waals surface area (Å²) in [6.07, 6.45) is 3.03. The Bertz CT molecular complexity index is 927. The van der Waals surface area contributed by atoms with Crippen molar-refractivity contribution in [2.75, 3.05) is 5.32 Å². The first-order valence-corrected chi connectivity index (χ1v) is 8.38. The van der Waals surface area contributed by atoms with E-state index >= 15 is 0 Å². The molecule has 0 aliphatic rings. The lowest BCUT2D eigenvalue weighted by molar-refractivity contribution is -0.111. The number of carbonyl (C=O) groups excluding carboxylic acids is 1. The fourth-order valence-corrected chi connectivity index (χ4v) is 2.53. The Morgan fingerprint density at radius 1 is 1.04 bits per heavy atom. The van der Waals surface area contributed by atoms with Crippen LogP contribution in [0.3, 0.4) is 0 Å². The summed E-state index contributed by atoms with van der Waals surface area (Å²) >= 11 is 11.9. The van der Waals surface area contributed by atoms with E-state index in [1.165, 1.54) is 6.08 Å². The molecule has 1 heterocycles. The van der Waals surface area contributed by atoms with Gasteiger partial charge in [-0.1, -0.05) is 29.3 Å². The summed E-state index contributed by atoms with van der Waals surface area (Å²) in [5, 5.41) is 4.04. The van der Waals surface area contributed by atoms with Gasteiger partial charge in [-0.25, -0.2) is 0 Å². The summed E-state index contributed by atoms with van der Waals surface area (Å²) in [7, 11) is 0. The molecule has 0 saturated carbocycles. The van der Waals surface area contributed by atoms with Gasteiger partial charge in [0.1, 0.15) is 11.5 Å². The molecule has 3 nitrogen and oxygen atoms in total. The zero-order valence-corrected chi connectivity index (χ0v) is 14.9. The molecule has 0 bridgehead atoms. The molecule has 0 fully saturated rings. The predicted octanol–water partition coefficient (Wildman–Crippen LogP) is 6.21. The van der Waals surface area contributed by atoms with Crippen LogP contribution in [-0.2, 0) is 4.79 Å². The molecule has 0 atom stereocenters. The molecule has 0 spiro atoms. The highest BCUT2D eigenvalue weighted by Crippen LogP contribution is 2.24. The van der Waals surface area contributed by atoms with Gasteiger partial charge in [0.2, 0.25) is 5.91 Å². The third-order valence-electron chi connectivity index (χ3n) is 3.59. The number of amides is 1. The largest absolute Gasteiger partial charge is 0.457 e. The van der Waals surface area contributed by atoms with Gasteiger partial charge in [0.05, 0.1) is 0 Å². The molecule has 0 unspecified atom stereocenters. The average Bonchev–Trinajstić information content (AvgIpc) is 3.06. The Morgan fingerprint density at radius 3 is 2.52 bits per heavy atom. The van der Waals surface area contributed by atoms with Crippen molar-refractivity contribution < 1.29 is 9.21 Å². The van der Waals surface area contributed by atoms with Crippen LogP contribution in [0.15, 0.2) is 65.1 Å². The van der Waals surface area contributed by atoms with Crippen LogP contribution in [0.25, 0.3) is 17.4 Å². The number of furan rings is 1. The zero-order chi connectivity index (χ0) is 17.8. The van der Waals surface area contributed by atoms with Crippen molar-refractivity contribution in [3.63, 3.8) is 0 Å². The van der Waals surface area contributed by atoms with Crippen LogP contribution >= 0.6 is 23.2 Å². The maximum atomic E-state index is 12.0. The molecule has 0 aliphatic carbocycles. The average molecular weight is 372 g/mol. The Kier molecular flexibility index (Phi) is 5.27. The molecular weight excluding hydrogens is 357 g/mol. The van der Waals surface area contributed by atoms with E-state index < -0.39 is 0 Å². The second-order valence-electron chi connectivity index (χ2n) is 5.50. The number of hydrogen-bond donors (Lipinski definition) is 1. The monoisotopic (exact) mass is 371 g/mol. The molecule has 2 aromatic carbocycles. The molecule has 5 heteroatoms. The fourth-order valence-electron chi connectivity index (χ4n) is 2.22. The number of nitrogens with one attached hydrogen (secondary N) is 1. The lowest BCUT2D eigenvalue weighted by Gasteiger charge is -2.04. The van der Waals surface area contributed by atoms with E-state index in [-0.39, 0.29) is 5.91 Å². The van der Waals surface area contributed by atoms with E-state index in [0.717, 1.165) is 11.1 Å². The molecule has 126 valence electrons. The van der Waals surface area contributed by atoms with Gasteiger partial charge in [0, 0.05) is 27.4 Å². The van der Waals surface area contributed by atoms with E-state index in [1.54, 1.807) is 36.4 Å². The van der Waals surface area contributed by atoms with Gasteiger partial charge in [-0.05, 0) is 67.1 Å². The molecule has 3 rings (SSSR count). The minimum Gasteiger partial charge on any atom is -0.457 e. The molecule has 3 aromatic rings. The highest BCUT2D eigenvalue weighted by Gasteiger charge is 2.04. The van der Waals surface area contributed by atoms with Crippen LogP contribution in [0.5, 0.6) is 0 Å². The predicted molar refractivity (Wildman–Crippen MR) is 103 cm³/mol. The maximum Gasteiger partial charge on any atom is 0.248 e. The number of halogens is 2. The highest BCUT2D eigenvalue weighted by atomic mass is 35.5.